The SMILES string of the molecule is CC(=O)NC(CC(=O)Nc1ccccc1OCC(F)(F)F)c1ccc(Br)cc1. The van der Waals surface area contributed by atoms with E-state index >= 15 is 0 Å². The number of rotatable bonds is 7. The number of carbonyl (C=O) groups excluding carboxylic acids is 2. The van der Waals surface area contributed by atoms with Crippen LogP contribution in [0.5, 0.6) is 5.75 Å². The van der Waals surface area contributed by atoms with E-state index in [2.05, 4.69) is 26.6 Å². The first-order chi connectivity index (χ1) is 13.1. The minimum Gasteiger partial charge on any atom is -0.482 e. The third-order valence-electron chi connectivity index (χ3n) is 3.59. The van der Waals surface area contributed by atoms with Gasteiger partial charge < -0.3 is 15.4 Å². The number of hydrogen-bond acceptors (Lipinski definition) is 3. The topological polar surface area (TPSA) is 67.4 Å². The molecule has 0 heterocycles. The van der Waals surface area contributed by atoms with E-state index in [4.69, 9.17) is 4.74 Å². The zero-order chi connectivity index (χ0) is 20.7. The summed E-state index contributed by atoms with van der Waals surface area (Å²) in [5.41, 5.74) is 0.837. The van der Waals surface area contributed by atoms with Crippen molar-refractivity contribution in [1.82, 2.24) is 5.32 Å². The minimum atomic E-state index is -4.49. The molecule has 2 amide bonds. The van der Waals surface area contributed by atoms with Crippen LogP contribution < -0.4 is 15.4 Å². The first kappa shape index (κ1) is 21.7. The Kier molecular flexibility index (Phi) is 7.45. The third kappa shape index (κ3) is 7.22. The molecule has 9 heteroatoms. The molecule has 0 aliphatic rings. The van der Waals surface area contributed by atoms with Crippen LogP contribution in [-0.2, 0) is 9.59 Å². The molecule has 0 fully saturated rings. The Bertz CT molecular complexity index is 826. The van der Waals surface area contributed by atoms with Crippen LogP contribution in [0.25, 0.3) is 0 Å². The number of para-hydroxylation sites is 2. The van der Waals surface area contributed by atoms with Crippen molar-refractivity contribution < 1.29 is 27.5 Å². The first-order valence-electron chi connectivity index (χ1n) is 8.25. The second-order valence-corrected chi connectivity index (χ2v) is 6.87. The molecule has 0 radical (unpaired) electrons. The van der Waals surface area contributed by atoms with Crippen LogP contribution in [0.3, 0.4) is 0 Å². The zero-order valence-corrected chi connectivity index (χ0v) is 16.4. The molecular weight excluding hydrogens is 441 g/mol. The predicted molar refractivity (Wildman–Crippen MR) is 102 cm³/mol. The van der Waals surface area contributed by atoms with E-state index in [-0.39, 0.29) is 23.8 Å². The van der Waals surface area contributed by atoms with Crippen molar-refractivity contribution in [3.8, 4) is 5.75 Å². The average molecular weight is 459 g/mol. The molecule has 1 atom stereocenters. The van der Waals surface area contributed by atoms with Crippen LogP contribution >= 0.6 is 15.9 Å². The summed E-state index contributed by atoms with van der Waals surface area (Å²) in [6, 6.07) is 12.3. The Balaban J connectivity index is 2.10. The second kappa shape index (κ2) is 9.59. The van der Waals surface area contributed by atoms with Gasteiger partial charge in [0.2, 0.25) is 11.8 Å². The summed E-state index contributed by atoms with van der Waals surface area (Å²) >= 11 is 3.32. The molecule has 2 rings (SSSR count). The number of benzene rings is 2. The van der Waals surface area contributed by atoms with Crippen molar-refractivity contribution in [2.24, 2.45) is 0 Å². The van der Waals surface area contributed by atoms with Gasteiger partial charge in [-0.15, -0.1) is 0 Å². The number of hydrogen-bond donors (Lipinski definition) is 2. The molecule has 0 saturated carbocycles. The van der Waals surface area contributed by atoms with E-state index in [1.165, 1.54) is 25.1 Å². The highest BCUT2D eigenvalue weighted by atomic mass is 79.9. The molecule has 2 aromatic rings. The van der Waals surface area contributed by atoms with Gasteiger partial charge in [0, 0.05) is 11.4 Å². The Morgan fingerprint density at radius 2 is 1.75 bits per heavy atom. The lowest BCUT2D eigenvalue weighted by molar-refractivity contribution is -0.153. The molecule has 0 spiro atoms. The van der Waals surface area contributed by atoms with Crippen LogP contribution in [0.15, 0.2) is 53.0 Å². The monoisotopic (exact) mass is 458 g/mol. The van der Waals surface area contributed by atoms with Gasteiger partial charge >= 0.3 is 6.18 Å². The molecule has 0 saturated heterocycles. The number of amides is 2. The summed E-state index contributed by atoms with van der Waals surface area (Å²) in [4.78, 5) is 23.9. The van der Waals surface area contributed by atoms with E-state index in [1.54, 1.807) is 30.3 Å². The molecule has 0 aliphatic carbocycles. The van der Waals surface area contributed by atoms with Crippen molar-refractivity contribution in [2.75, 3.05) is 11.9 Å². The lowest BCUT2D eigenvalue weighted by Crippen LogP contribution is -2.29. The normalized spacial score (nSPS) is 12.2. The van der Waals surface area contributed by atoms with Gasteiger partial charge in [0.25, 0.3) is 0 Å². The Labute approximate surface area is 168 Å². The van der Waals surface area contributed by atoms with Gasteiger partial charge in [0.15, 0.2) is 6.61 Å². The van der Waals surface area contributed by atoms with Crippen molar-refractivity contribution >= 4 is 33.4 Å². The maximum atomic E-state index is 12.4. The van der Waals surface area contributed by atoms with E-state index < -0.39 is 24.7 Å². The predicted octanol–water partition coefficient (Wildman–Crippen LogP) is 4.60. The van der Waals surface area contributed by atoms with Gasteiger partial charge in [-0.05, 0) is 29.8 Å². The fourth-order valence-electron chi connectivity index (χ4n) is 2.43. The van der Waals surface area contributed by atoms with Crippen molar-refractivity contribution in [1.29, 1.82) is 0 Å². The number of halogens is 4. The molecule has 28 heavy (non-hydrogen) atoms. The largest absolute Gasteiger partial charge is 0.482 e. The number of anilines is 1. The van der Waals surface area contributed by atoms with Crippen molar-refractivity contribution in [2.45, 2.75) is 25.6 Å². The summed E-state index contributed by atoms with van der Waals surface area (Å²) < 4.78 is 42.8. The summed E-state index contributed by atoms with van der Waals surface area (Å²) in [5.74, 6) is -0.882. The van der Waals surface area contributed by atoms with Crippen LogP contribution in [0.2, 0.25) is 0 Å². The summed E-state index contributed by atoms with van der Waals surface area (Å²) in [7, 11) is 0. The van der Waals surface area contributed by atoms with Gasteiger partial charge in [0.05, 0.1) is 18.2 Å². The lowest BCUT2D eigenvalue weighted by atomic mass is 10.0. The number of carbonyl (C=O) groups is 2. The van der Waals surface area contributed by atoms with E-state index in [9.17, 15) is 22.8 Å². The molecular formula is C19H18BrF3N2O3. The molecule has 2 N–H and O–H groups in total. The Morgan fingerprint density at radius 3 is 2.36 bits per heavy atom. The van der Waals surface area contributed by atoms with E-state index in [0.717, 1.165) is 10.0 Å². The van der Waals surface area contributed by atoms with Crippen molar-refractivity contribution in [3.05, 3.63) is 58.6 Å². The van der Waals surface area contributed by atoms with Gasteiger partial charge in [-0.2, -0.15) is 13.2 Å². The van der Waals surface area contributed by atoms with Gasteiger partial charge in [-0.25, -0.2) is 0 Å². The average Bonchev–Trinajstić information content (AvgIpc) is 2.60. The number of nitrogens with one attached hydrogen (secondary N) is 2. The minimum absolute atomic E-state index is 0.0899. The molecule has 1 unspecified atom stereocenters. The summed E-state index contributed by atoms with van der Waals surface area (Å²) in [6.07, 6.45) is -4.59. The maximum absolute atomic E-state index is 12.4. The van der Waals surface area contributed by atoms with Crippen LogP contribution in [-0.4, -0.2) is 24.6 Å². The highest BCUT2D eigenvalue weighted by molar-refractivity contribution is 9.10. The molecule has 0 aliphatic heterocycles. The molecule has 0 bridgehead atoms. The highest BCUT2D eigenvalue weighted by Gasteiger charge is 2.29. The molecule has 0 aromatic heterocycles. The molecule has 2 aromatic carbocycles. The number of alkyl halides is 3. The smallest absolute Gasteiger partial charge is 0.422 e. The fraction of sp³-hybridized carbons (Fsp3) is 0.263. The Hall–Kier alpha value is -2.55. The van der Waals surface area contributed by atoms with E-state index in [1.807, 2.05) is 0 Å². The maximum Gasteiger partial charge on any atom is 0.422 e. The van der Waals surface area contributed by atoms with Gasteiger partial charge in [-0.3, -0.25) is 9.59 Å². The first-order valence-corrected chi connectivity index (χ1v) is 9.04. The standard InChI is InChI=1S/C19H18BrF3N2O3/c1-12(26)24-16(13-6-8-14(20)9-7-13)10-18(27)25-15-4-2-3-5-17(15)28-11-19(21,22)23/h2-9,16H,10-11H2,1H3,(H,24,26)(H,25,27). The molecule has 5 nitrogen and oxygen atoms in total. The third-order valence-corrected chi connectivity index (χ3v) is 4.12. The van der Waals surface area contributed by atoms with Crippen LogP contribution in [0.4, 0.5) is 18.9 Å². The highest BCUT2D eigenvalue weighted by Crippen LogP contribution is 2.27. The van der Waals surface area contributed by atoms with Crippen LogP contribution in [0.1, 0.15) is 24.9 Å². The summed E-state index contributed by atoms with van der Waals surface area (Å²) in [5, 5.41) is 5.24. The lowest BCUT2D eigenvalue weighted by Gasteiger charge is -2.19. The Morgan fingerprint density at radius 1 is 1.11 bits per heavy atom. The van der Waals surface area contributed by atoms with Crippen LogP contribution in [0, 0.1) is 0 Å². The van der Waals surface area contributed by atoms with Crippen molar-refractivity contribution in [3.63, 3.8) is 0 Å². The summed E-state index contributed by atoms with van der Waals surface area (Å²) in [6.45, 7) is -0.128. The quantitative estimate of drug-likeness (QED) is 0.637. The van der Waals surface area contributed by atoms with Gasteiger partial charge in [-0.1, -0.05) is 40.2 Å². The fourth-order valence-corrected chi connectivity index (χ4v) is 2.70. The number of ether oxygens (including phenoxy) is 1. The van der Waals surface area contributed by atoms with E-state index in [0.29, 0.717) is 0 Å². The second-order valence-electron chi connectivity index (χ2n) is 5.96. The van der Waals surface area contributed by atoms with Gasteiger partial charge in [0.1, 0.15) is 5.75 Å². The molecule has 150 valence electrons. The zero-order valence-electron chi connectivity index (χ0n) is 14.8.